The van der Waals surface area contributed by atoms with Crippen LogP contribution in [0.2, 0.25) is 0 Å². The Morgan fingerprint density at radius 2 is 1.69 bits per heavy atom. The molecule has 1 heterocycles. The maximum atomic E-state index is 10.8. The molecule has 1 saturated heterocycles. The third-order valence-corrected chi connectivity index (χ3v) is 1.97. The zero-order chi connectivity index (χ0) is 10.9. The molecule has 0 radical (unpaired) electrons. The van der Waals surface area contributed by atoms with Crippen LogP contribution in [0.5, 0.6) is 0 Å². The van der Waals surface area contributed by atoms with Crippen LogP contribution in [0.1, 0.15) is 48.0 Å². The molecule has 1 aliphatic rings. The lowest BCUT2D eigenvalue weighted by Gasteiger charge is -2.09. The van der Waals surface area contributed by atoms with Crippen molar-refractivity contribution < 1.29 is 4.79 Å². The summed E-state index contributed by atoms with van der Waals surface area (Å²) in [7, 11) is 0. The van der Waals surface area contributed by atoms with Crippen molar-refractivity contribution in [3.8, 4) is 0 Å². The molecule has 0 aliphatic carbocycles. The number of ketones is 1. The van der Waals surface area contributed by atoms with Crippen LogP contribution in [0, 0.1) is 5.92 Å². The van der Waals surface area contributed by atoms with Crippen molar-refractivity contribution in [2.24, 2.45) is 5.92 Å². The van der Waals surface area contributed by atoms with Gasteiger partial charge in [0.25, 0.3) is 0 Å². The number of Topliss-reactive ketones (excluding diaryl/α,β-unsaturated/α-hetero) is 1. The lowest BCUT2D eigenvalue weighted by Crippen LogP contribution is -2.32. The minimum atomic E-state index is 0.144. The largest absolute Gasteiger partial charge is 0.307 e. The first-order valence-corrected chi connectivity index (χ1v) is 5.45. The molecule has 2 unspecified atom stereocenters. The Hall–Kier alpha value is -0.370. The zero-order valence-corrected chi connectivity index (χ0v) is 9.98. The van der Waals surface area contributed by atoms with E-state index in [0.29, 0.717) is 5.92 Å². The van der Waals surface area contributed by atoms with Gasteiger partial charge in [0, 0.05) is 0 Å². The molecule has 1 rings (SSSR count). The van der Waals surface area contributed by atoms with Gasteiger partial charge in [-0.3, -0.25) is 4.79 Å². The molecule has 0 amide bonds. The first kappa shape index (κ1) is 15.1. The molecule has 80 valence electrons. The van der Waals surface area contributed by atoms with E-state index in [9.17, 15) is 4.79 Å². The van der Waals surface area contributed by atoms with E-state index in [0.717, 1.165) is 13.0 Å². The average molecular weight is 187 g/mol. The van der Waals surface area contributed by atoms with Crippen LogP contribution < -0.4 is 5.32 Å². The number of rotatable bonds is 1. The summed E-state index contributed by atoms with van der Waals surface area (Å²) < 4.78 is 0. The lowest BCUT2D eigenvalue weighted by molar-refractivity contribution is -0.119. The lowest BCUT2D eigenvalue weighted by atomic mass is 10.0. The highest BCUT2D eigenvalue weighted by Crippen LogP contribution is 2.14. The second-order valence-corrected chi connectivity index (χ2v) is 2.81. The number of hydrogen-bond donors (Lipinski definition) is 1. The van der Waals surface area contributed by atoms with Gasteiger partial charge in [0.15, 0.2) is 0 Å². The van der Waals surface area contributed by atoms with Gasteiger partial charge in [0.2, 0.25) is 0 Å². The van der Waals surface area contributed by atoms with Crippen molar-refractivity contribution in [3.63, 3.8) is 0 Å². The summed E-state index contributed by atoms with van der Waals surface area (Å²) in [6.45, 7) is 12.8. The summed E-state index contributed by atoms with van der Waals surface area (Å²) in [5.41, 5.74) is 0. The van der Waals surface area contributed by atoms with E-state index >= 15 is 0 Å². The molecule has 0 saturated carbocycles. The fraction of sp³-hybridized carbons (Fsp3) is 0.909. The van der Waals surface area contributed by atoms with E-state index in [1.807, 2.05) is 27.7 Å². The maximum Gasteiger partial charge on any atom is 0.146 e. The van der Waals surface area contributed by atoms with Gasteiger partial charge in [0.1, 0.15) is 5.78 Å². The number of hydrogen-bond acceptors (Lipinski definition) is 2. The molecular formula is C11H25NO. The highest BCUT2D eigenvalue weighted by atomic mass is 16.1. The number of carbonyl (C=O) groups excluding carboxylic acids is 1. The van der Waals surface area contributed by atoms with Crippen molar-refractivity contribution in [2.75, 3.05) is 6.54 Å². The van der Waals surface area contributed by atoms with Gasteiger partial charge >= 0.3 is 0 Å². The fourth-order valence-corrected chi connectivity index (χ4v) is 1.38. The molecule has 0 aromatic rings. The van der Waals surface area contributed by atoms with Crippen LogP contribution in [-0.2, 0) is 4.79 Å². The molecule has 0 aromatic carbocycles. The van der Waals surface area contributed by atoms with Gasteiger partial charge in [-0.05, 0) is 25.8 Å². The first-order valence-electron chi connectivity index (χ1n) is 5.45. The molecule has 2 heteroatoms. The second kappa shape index (κ2) is 9.72. The Labute approximate surface area is 83.1 Å². The summed E-state index contributed by atoms with van der Waals surface area (Å²) >= 11 is 0. The third-order valence-electron chi connectivity index (χ3n) is 1.97. The van der Waals surface area contributed by atoms with Crippen molar-refractivity contribution >= 4 is 5.78 Å². The van der Waals surface area contributed by atoms with E-state index in [1.165, 1.54) is 0 Å². The van der Waals surface area contributed by atoms with Crippen molar-refractivity contribution in [1.29, 1.82) is 0 Å². The van der Waals surface area contributed by atoms with Gasteiger partial charge in [-0.15, -0.1) is 0 Å². The van der Waals surface area contributed by atoms with Gasteiger partial charge in [-0.2, -0.15) is 0 Å². The van der Waals surface area contributed by atoms with Gasteiger partial charge < -0.3 is 5.32 Å². The fourth-order valence-electron chi connectivity index (χ4n) is 1.38. The normalized spacial score (nSPS) is 25.1. The molecule has 2 atom stereocenters. The van der Waals surface area contributed by atoms with Gasteiger partial charge in [-0.1, -0.05) is 34.6 Å². The Balaban J connectivity index is 0. The minimum absolute atomic E-state index is 0.144. The van der Waals surface area contributed by atoms with Crippen LogP contribution in [0.4, 0.5) is 0 Å². The highest BCUT2D eigenvalue weighted by molar-refractivity contribution is 5.82. The van der Waals surface area contributed by atoms with Crippen LogP contribution in [0.25, 0.3) is 0 Å². The first-order chi connectivity index (χ1) is 6.22. The Morgan fingerprint density at radius 3 is 1.85 bits per heavy atom. The quantitative estimate of drug-likeness (QED) is 0.683. The second-order valence-electron chi connectivity index (χ2n) is 2.81. The standard InChI is InChI=1S/C7H13NO.2C2H6/c1-5-3-4-8-7(5)6(2)9;2*1-2/h5,7-8H,3-4H2,1-2H3;2*1-2H3. The molecule has 2 nitrogen and oxygen atoms in total. The van der Waals surface area contributed by atoms with E-state index in [1.54, 1.807) is 6.92 Å². The summed E-state index contributed by atoms with van der Waals surface area (Å²) in [6.07, 6.45) is 1.14. The number of nitrogens with one attached hydrogen (secondary N) is 1. The van der Waals surface area contributed by atoms with Crippen molar-refractivity contribution in [2.45, 2.75) is 54.0 Å². The van der Waals surface area contributed by atoms with Crippen molar-refractivity contribution in [3.05, 3.63) is 0 Å². The molecular weight excluding hydrogens is 162 g/mol. The molecule has 1 fully saturated rings. The van der Waals surface area contributed by atoms with E-state index in [-0.39, 0.29) is 11.8 Å². The zero-order valence-electron chi connectivity index (χ0n) is 9.98. The minimum Gasteiger partial charge on any atom is -0.307 e. The molecule has 0 spiro atoms. The van der Waals surface area contributed by atoms with E-state index in [4.69, 9.17) is 0 Å². The van der Waals surface area contributed by atoms with E-state index < -0.39 is 0 Å². The van der Waals surface area contributed by atoms with Crippen LogP contribution in [-0.4, -0.2) is 18.4 Å². The Bertz CT molecular complexity index is 123. The molecule has 1 aliphatic heterocycles. The van der Waals surface area contributed by atoms with Gasteiger partial charge in [0.05, 0.1) is 6.04 Å². The highest BCUT2D eigenvalue weighted by Gasteiger charge is 2.25. The predicted molar refractivity (Wildman–Crippen MR) is 58.9 cm³/mol. The van der Waals surface area contributed by atoms with E-state index in [2.05, 4.69) is 12.2 Å². The predicted octanol–water partition coefficient (Wildman–Crippen LogP) is 2.63. The molecule has 1 N–H and O–H groups in total. The maximum absolute atomic E-state index is 10.8. The monoisotopic (exact) mass is 187 g/mol. The number of carbonyl (C=O) groups is 1. The van der Waals surface area contributed by atoms with Gasteiger partial charge in [-0.25, -0.2) is 0 Å². The summed E-state index contributed by atoms with van der Waals surface area (Å²) in [6, 6.07) is 0.144. The smallest absolute Gasteiger partial charge is 0.146 e. The molecule has 0 aromatic heterocycles. The average Bonchev–Trinajstić information content (AvgIpc) is 2.58. The van der Waals surface area contributed by atoms with Crippen LogP contribution >= 0.6 is 0 Å². The summed E-state index contributed by atoms with van der Waals surface area (Å²) in [5.74, 6) is 0.822. The summed E-state index contributed by atoms with van der Waals surface area (Å²) in [5, 5.41) is 3.16. The van der Waals surface area contributed by atoms with Crippen LogP contribution in [0.3, 0.4) is 0 Å². The topological polar surface area (TPSA) is 29.1 Å². The van der Waals surface area contributed by atoms with Crippen LogP contribution in [0.15, 0.2) is 0 Å². The SMILES string of the molecule is CC.CC.CC(=O)C1NCCC1C. The molecule has 13 heavy (non-hydrogen) atoms. The molecule has 0 bridgehead atoms. The van der Waals surface area contributed by atoms with Crippen molar-refractivity contribution in [1.82, 2.24) is 5.32 Å². The third kappa shape index (κ3) is 5.81. The Kier molecular flexibility index (Phi) is 11.3. The Morgan fingerprint density at radius 1 is 1.23 bits per heavy atom. The summed E-state index contributed by atoms with van der Waals surface area (Å²) in [4.78, 5) is 10.8.